The predicted molar refractivity (Wildman–Crippen MR) is 101 cm³/mol. The second-order valence-corrected chi connectivity index (χ2v) is 6.69. The van der Waals surface area contributed by atoms with E-state index in [1.807, 2.05) is 61.7 Å². The largest absolute Gasteiger partial charge is 0.460 e. The maximum absolute atomic E-state index is 12.8. The normalized spacial score (nSPS) is 10.8. The summed E-state index contributed by atoms with van der Waals surface area (Å²) in [7, 11) is 0. The molecule has 1 aromatic carbocycles. The van der Waals surface area contributed by atoms with E-state index >= 15 is 0 Å². The minimum atomic E-state index is -0.273. The van der Waals surface area contributed by atoms with Gasteiger partial charge in [-0.2, -0.15) is 5.10 Å². The lowest BCUT2D eigenvalue weighted by Gasteiger charge is -2.00. The fraction of sp³-hybridized carbons (Fsp3) is 0.105. The van der Waals surface area contributed by atoms with E-state index in [-0.39, 0.29) is 5.91 Å². The number of anilines is 1. The highest BCUT2D eigenvalue weighted by Crippen LogP contribution is 2.27. The minimum Gasteiger partial charge on any atom is -0.460 e. The van der Waals surface area contributed by atoms with Gasteiger partial charge in [-0.25, -0.2) is 9.67 Å². The lowest BCUT2D eigenvalue weighted by Crippen LogP contribution is -2.12. The third-order valence-corrected chi connectivity index (χ3v) is 4.67. The fourth-order valence-electron chi connectivity index (χ4n) is 2.57. The van der Waals surface area contributed by atoms with Crippen molar-refractivity contribution in [2.45, 2.75) is 13.8 Å². The molecule has 0 aliphatic carbocycles. The van der Waals surface area contributed by atoms with Crippen LogP contribution in [0.1, 0.15) is 21.8 Å². The second-order valence-electron chi connectivity index (χ2n) is 5.83. The molecule has 0 aliphatic rings. The molecular weight excluding hydrogens is 348 g/mol. The molecule has 4 aromatic rings. The molecule has 0 aliphatic heterocycles. The smallest absolute Gasteiger partial charge is 0.261 e. The van der Waals surface area contributed by atoms with E-state index in [4.69, 9.17) is 4.42 Å². The minimum absolute atomic E-state index is 0.273. The molecule has 1 amide bonds. The topological polar surface area (TPSA) is 73.0 Å². The van der Waals surface area contributed by atoms with Gasteiger partial charge in [0, 0.05) is 11.6 Å². The zero-order valence-corrected chi connectivity index (χ0v) is 15.1. The van der Waals surface area contributed by atoms with Crippen LogP contribution in [0.15, 0.2) is 58.5 Å². The number of thiazole rings is 1. The molecule has 4 rings (SSSR count). The molecule has 26 heavy (non-hydrogen) atoms. The summed E-state index contributed by atoms with van der Waals surface area (Å²) in [5, 5.41) is 9.86. The number of para-hydroxylation sites is 1. The Morgan fingerprint density at radius 1 is 1.15 bits per heavy atom. The molecule has 3 aromatic heterocycles. The number of carbonyl (C=O) groups excluding carboxylic acids is 1. The van der Waals surface area contributed by atoms with Crippen molar-refractivity contribution in [3.8, 4) is 17.1 Å². The maximum atomic E-state index is 12.8. The summed E-state index contributed by atoms with van der Waals surface area (Å²) in [6, 6.07) is 13.3. The van der Waals surface area contributed by atoms with Crippen LogP contribution in [0.25, 0.3) is 17.1 Å². The standard InChI is InChI=1S/C19H16N4O2S/c1-12-11-26-19(20-12)21-18(24)15-10-23(14-6-4-3-5-7-14)22-17(15)16-9-8-13(2)25-16/h3-11H,1-2H3,(H,20,21,24). The Hall–Kier alpha value is -3.19. The Morgan fingerprint density at radius 3 is 2.62 bits per heavy atom. The molecular formula is C19H16N4O2S. The number of benzene rings is 1. The zero-order chi connectivity index (χ0) is 18.1. The van der Waals surface area contributed by atoms with Gasteiger partial charge < -0.3 is 4.42 Å². The molecule has 0 saturated carbocycles. The molecule has 130 valence electrons. The van der Waals surface area contributed by atoms with Crippen molar-refractivity contribution in [3.63, 3.8) is 0 Å². The van der Waals surface area contributed by atoms with Crippen LogP contribution >= 0.6 is 11.3 Å². The molecule has 3 heterocycles. The number of nitrogens with zero attached hydrogens (tertiary/aromatic N) is 3. The molecule has 1 N–H and O–H groups in total. The van der Waals surface area contributed by atoms with Crippen LogP contribution in [0.3, 0.4) is 0 Å². The summed E-state index contributed by atoms with van der Waals surface area (Å²) in [6.07, 6.45) is 1.71. The van der Waals surface area contributed by atoms with Crippen molar-refractivity contribution < 1.29 is 9.21 Å². The van der Waals surface area contributed by atoms with Crippen LogP contribution in [0.4, 0.5) is 5.13 Å². The highest BCUT2D eigenvalue weighted by molar-refractivity contribution is 7.13. The van der Waals surface area contributed by atoms with Crippen LogP contribution in [0.5, 0.6) is 0 Å². The Labute approximate surface area is 154 Å². The summed E-state index contributed by atoms with van der Waals surface area (Å²) in [4.78, 5) is 17.1. The molecule has 0 fully saturated rings. The molecule has 0 radical (unpaired) electrons. The van der Waals surface area contributed by atoms with Crippen LogP contribution in [-0.2, 0) is 0 Å². The number of amides is 1. The van der Waals surface area contributed by atoms with Crippen molar-refractivity contribution in [3.05, 3.63) is 71.1 Å². The summed E-state index contributed by atoms with van der Waals surface area (Å²) in [5.41, 5.74) is 2.65. The van der Waals surface area contributed by atoms with Gasteiger partial charge in [-0.15, -0.1) is 11.3 Å². The monoisotopic (exact) mass is 364 g/mol. The molecule has 0 bridgehead atoms. The molecule has 0 spiro atoms. The number of rotatable bonds is 4. The van der Waals surface area contributed by atoms with E-state index in [0.29, 0.717) is 22.1 Å². The number of aromatic nitrogens is 3. The Kier molecular flexibility index (Phi) is 4.14. The number of hydrogen-bond acceptors (Lipinski definition) is 5. The highest BCUT2D eigenvalue weighted by atomic mass is 32.1. The summed E-state index contributed by atoms with van der Waals surface area (Å²) in [6.45, 7) is 3.74. The van der Waals surface area contributed by atoms with E-state index < -0.39 is 0 Å². The quantitative estimate of drug-likeness (QED) is 0.580. The van der Waals surface area contributed by atoms with E-state index in [1.165, 1.54) is 11.3 Å². The SMILES string of the molecule is Cc1csc(NC(=O)c2cn(-c3ccccc3)nc2-c2ccc(C)o2)n1. The third-order valence-electron chi connectivity index (χ3n) is 3.79. The third kappa shape index (κ3) is 3.16. The summed E-state index contributed by atoms with van der Waals surface area (Å²) >= 11 is 1.39. The second kappa shape index (κ2) is 6.61. The van der Waals surface area contributed by atoms with Gasteiger partial charge in [0.05, 0.1) is 16.9 Å². The van der Waals surface area contributed by atoms with E-state index in [1.54, 1.807) is 10.9 Å². The molecule has 0 atom stereocenters. The molecule has 0 unspecified atom stereocenters. The van der Waals surface area contributed by atoms with Gasteiger partial charge in [-0.3, -0.25) is 10.1 Å². The Morgan fingerprint density at radius 2 is 1.96 bits per heavy atom. The van der Waals surface area contributed by atoms with Gasteiger partial charge in [0.15, 0.2) is 10.9 Å². The fourth-order valence-corrected chi connectivity index (χ4v) is 3.26. The van der Waals surface area contributed by atoms with Gasteiger partial charge in [-0.05, 0) is 38.1 Å². The first kappa shape index (κ1) is 16.3. The number of furan rings is 1. The summed E-state index contributed by atoms with van der Waals surface area (Å²) < 4.78 is 7.37. The maximum Gasteiger partial charge on any atom is 0.261 e. The van der Waals surface area contributed by atoms with Crippen LogP contribution in [-0.4, -0.2) is 20.7 Å². The van der Waals surface area contributed by atoms with E-state index in [9.17, 15) is 4.79 Å². The lowest BCUT2D eigenvalue weighted by molar-refractivity contribution is 0.102. The molecule has 7 heteroatoms. The average molecular weight is 364 g/mol. The van der Waals surface area contributed by atoms with Crippen LogP contribution in [0, 0.1) is 13.8 Å². The van der Waals surface area contributed by atoms with Crippen molar-refractivity contribution in [1.29, 1.82) is 0 Å². The molecule has 0 saturated heterocycles. The zero-order valence-electron chi connectivity index (χ0n) is 14.3. The lowest BCUT2D eigenvalue weighted by atomic mass is 10.2. The first-order valence-corrected chi connectivity index (χ1v) is 8.93. The predicted octanol–water partition coefficient (Wildman–Crippen LogP) is 4.46. The number of hydrogen-bond donors (Lipinski definition) is 1. The van der Waals surface area contributed by atoms with E-state index in [2.05, 4.69) is 15.4 Å². The van der Waals surface area contributed by atoms with Crippen molar-refractivity contribution >= 4 is 22.4 Å². The molecule has 6 nitrogen and oxygen atoms in total. The van der Waals surface area contributed by atoms with Gasteiger partial charge in [-0.1, -0.05) is 18.2 Å². The van der Waals surface area contributed by atoms with Gasteiger partial charge >= 0.3 is 0 Å². The van der Waals surface area contributed by atoms with Crippen molar-refractivity contribution in [2.24, 2.45) is 0 Å². The Bertz CT molecular complexity index is 1060. The Balaban J connectivity index is 1.76. The number of nitrogens with one attached hydrogen (secondary N) is 1. The number of carbonyl (C=O) groups is 1. The average Bonchev–Trinajstić information content (AvgIpc) is 3.35. The van der Waals surface area contributed by atoms with Gasteiger partial charge in [0.2, 0.25) is 0 Å². The van der Waals surface area contributed by atoms with Gasteiger partial charge in [0.25, 0.3) is 5.91 Å². The first-order chi connectivity index (χ1) is 12.6. The van der Waals surface area contributed by atoms with Crippen molar-refractivity contribution in [1.82, 2.24) is 14.8 Å². The highest BCUT2D eigenvalue weighted by Gasteiger charge is 2.21. The van der Waals surface area contributed by atoms with Gasteiger partial charge in [0.1, 0.15) is 11.5 Å². The van der Waals surface area contributed by atoms with Crippen LogP contribution in [0.2, 0.25) is 0 Å². The first-order valence-electron chi connectivity index (χ1n) is 8.05. The van der Waals surface area contributed by atoms with Crippen LogP contribution < -0.4 is 5.32 Å². The van der Waals surface area contributed by atoms with E-state index in [0.717, 1.165) is 17.1 Å². The summed E-state index contributed by atoms with van der Waals surface area (Å²) in [5.74, 6) is 1.04. The number of aryl methyl sites for hydroxylation is 2. The van der Waals surface area contributed by atoms with Crippen molar-refractivity contribution in [2.75, 3.05) is 5.32 Å².